The molecule has 0 aromatic carbocycles. The molecule has 124 valence electrons. The number of aromatic nitrogens is 2. The van der Waals surface area contributed by atoms with Crippen LogP contribution in [0.5, 0.6) is 0 Å². The van der Waals surface area contributed by atoms with Crippen LogP contribution in [0, 0.1) is 0 Å². The first-order chi connectivity index (χ1) is 11.8. The monoisotopic (exact) mass is 356 g/mol. The van der Waals surface area contributed by atoms with Crippen molar-refractivity contribution in [3.63, 3.8) is 0 Å². The SMILES string of the molecule is CN1CCN(c2nc(-c3cccs3)nc3sc4c(c23)CCC4)CC1. The van der Waals surface area contributed by atoms with Gasteiger partial charge in [-0.25, -0.2) is 9.97 Å². The smallest absolute Gasteiger partial charge is 0.173 e. The van der Waals surface area contributed by atoms with Crippen LogP contribution in [-0.2, 0) is 12.8 Å². The summed E-state index contributed by atoms with van der Waals surface area (Å²) in [6.45, 7) is 4.31. The van der Waals surface area contributed by atoms with E-state index in [1.165, 1.54) is 50.6 Å². The predicted molar refractivity (Wildman–Crippen MR) is 102 cm³/mol. The largest absolute Gasteiger partial charge is 0.353 e. The standard InChI is InChI=1S/C18H20N4S2/c1-21-7-9-22(10-8-21)17-15-12-4-2-5-13(12)24-18(15)20-16(19-17)14-6-3-11-23-14/h3,6,11H,2,4-5,7-10H2,1H3. The Balaban J connectivity index is 1.69. The van der Waals surface area contributed by atoms with Gasteiger partial charge in [-0.05, 0) is 43.3 Å². The number of piperazine rings is 1. The molecular weight excluding hydrogens is 336 g/mol. The number of rotatable bonds is 2. The minimum absolute atomic E-state index is 0.895. The molecule has 24 heavy (non-hydrogen) atoms. The Morgan fingerprint density at radius 3 is 2.75 bits per heavy atom. The van der Waals surface area contributed by atoms with Crippen molar-refractivity contribution in [3.05, 3.63) is 28.0 Å². The molecule has 0 N–H and O–H groups in total. The number of anilines is 1. The number of thiophene rings is 2. The fourth-order valence-corrected chi connectivity index (χ4v) is 5.65. The Morgan fingerprint density at radius 1 is 1.08 bits per heavy atom. The van der Waals surface area contributed by atoms with Gasteiger partial charge in [-0.3, -0.25) is 0 Å². The molecule has 0 spiro atoms. The Kier molecular flexibility index (Phi) is 3.57. The number of aryl methyl sites for hydroxylation is 2. The van der Waals surface area contributed by atoms with Crippen molar-refractivity contribution in [2.24, 2.45) is 0 Å². The van der Waals surface area contributed by atoms with Crippen molar-refractivity contribution in [1.82, 2.24) is 14.9 Å². The molecule has 6 heteroatoms. The third-order valence-electron chi connectivity index (χ3n) is 5.09. The van der Waals surface area contributed by atoms with Crippen LogP contribution >= 0.6 is 22.7 Å². The maximum atomic E-state index is 5.06. The first-order valence-electron chi connectivity index (χ1n) is 8.59. The Hall–Kier alpha value is -1.50. The molecular formula is C18H20N4S2. The van der Waals surface area contributed by atoms with Crippen molar-refractivity contribution in [2.75, 3.05) is 38.1 Å². The van der Waals surface area contributed by atoms with E-state index in [4.69, 9.17) is 9.97 Å². The first kappa shape index (κ1) is 14.8. The van der Waals surface area contributed by atoms with Crippen LogP contribution in [0.25, 0.3) is 20.9 Å². The van der Waals surface area contributed by atoms with E-state index in [1.54, 1.807) is 11.3 Å². The van der Waals surface area contributed by atoms with Crippen LogP contribution < -0.4 is 4.90 Å². The van der Waals surface area contributed by atoms with Gasteiger partial charge < -0.3 is 9.80 Å². The average molecular weight is 357 g/mol. The van der Waals surface area contributed by atoms with E-state index in [1.807, 2.05) is 11.3 Å². The predicted octanol–water partition coefficient (Wildman–Crippen LogP) is 3.66. The number of nitrogens with zero attached hydrogens (tertiary/aromatic N) is 4. The second-order valence-corrected chi connectivity index (χ2v) is 8.71. The minimum Gasteiger partial charge on any atom is -0.353 e. The fourth-order valence-electron chi connectivity index (χ4n) is 3.74. The highest BCUT2D eigenvalue weighted by Gasteiger charge is 2.26. The summed E-state index contributed by atoms with van der Waals surface area (Å²) < 4.78 is 0. The number of fused-ring (bicyclic) bond motifs is 3. The van der Waals surface area contributed by atoms with Crippen molar-refractivity contribution in [1.29, 1.82) is 0 Å². The average Bonchev–Trinajstić information content (AvgIpc) is 3.31. The topological polar surface area (TPSA) is 32.3 Å². The number of hydrogen-bond donors (Lipinski definition) is 0. The highest BCUT2D eigenvalue weighted by atomic mass is 32.1. The van der Waals surface area contributed by atoms with Crippen molar-refractivity contribution in [3.8, 4) is 10.7 Å². The highest BCUT2D eigenvalue weighted by molar-refractivity contribution is 7.19. The van der Waals surface area contributed by atoms with Gasteiger partial charge in [0.25, 0.3) is 0 Å². The van der Waals surface area contributed by atoms with Gasteiger partial charge in [-0.2, -0.15) is 0 Å². The summed E-state index contributed by atoms with van der Waals surface area (Å²) >= 11 is 3.62. The minimum atomic E-state index is 0.895. The second-order valence-electron chi connectivity index (χ2n) is 6.68. The molecule has 1 fully saturated rings. The quantitative estimate of drug-likeness (QED) is 0.701. The maximum Gasteiger partial charge on any atom is 0.173 e. The van der Waals surface area contributed by atoms with Crippen LogP contribution in [-0.4, -0.2) is 48.1 Å². The lowest BCUT2D eigenvalue weighted by Gasteiger charge is -2.33. The molecule has 0 atom stereocenters. The summed E-state index contributed by atoms with van der Waals surface area (Å²) in [4.78, 5) is 18.8. The molecule has 5 rings (SSSR count). The van der Waals surface area contributed by atoms with Gasteiger partial charge in [0.05, 0.1) is 10.3 Å². The molecule has 4 heterocycles. The van der Waals surface area contributed by atoms with Gasteiger partial charge in [0.15, 0.2) is 5.82 Å². The summed E-state index contributed by atoms with van der Waals surface area (Å²) in [6, 6.07) is 4.21. The molecule has 3 aromatic heterocycles. The summed E-state index contributed by atoms with van der Waals surface area (Å²) in [5.74, 6) is 2.07. The zero-order valence-electron chi connectivity index (χ0n) is 13.8. The van der Waals surface area contributed by atoms with E-state index in [0.29, 0.717) is 0 Å². The van der Waals surface area contributed by atoms with Crippen LogP contribution in [0.4, 0.5) is 5.82 Å². The Bertz CT molecular complexity index is 876. The second kappa shape index (κ2) is 5.79. The molecule has 0 amide bonds. The van der Waals surface area contributed by atoms with Gasteiger partial charge in [0, 0.05) is 31.1 Å². The fraction of sp³-hybridized carbons (Fsp3) is 0.444. The van der Waals surface area contributed by atoms with E-state index in [9.17, 15) is 0 Å². The van der Waals surface area contributed by atoms with Crippen LogP contribution in [0.3, 0.4) is 0 Å². The van der Waals surface area contributed by atoms with Crippen LogP contribution in [0.1, 0.15) is 16.9 Å². The normalized spacial score (nSPS) is 18.5. The van der Waals surface area contributed by atoms with Crippen molar-refractivity contribution < 1.29 is 0 Å². The van der Waals surface area contributed by atoms with E-state index >= 15 is 0 Å². The molecule has 0 unspecified atom stereocenters. The molecule has 1 aliphatic carbocycles. The lowest BCUT2D eigenvalue weighted by atomic mass is 10.1. The molecule has 1 aliphatic heterocycles. The summed E-state index contributed by atoms with van der Waals surface area (Å²) in [7, 11) is 2.20. The third-order valence-corrected chi connectivity index (χ3v) is 7.14. The maximum absolute atomic E-state index is 5.06. The van der Waals surface area contributed by atoms with Crippen LogP contribution in [0.15, 0.2) is 17.5 Å². The number of hydrogen-bond acceptors (Lipinski definition) is 6. The summed E-state index contributed by atoms with van der Waals surface area (Å²) in [5, 5.41) is 3.45. The van der Waals surface area contributed by atoms with Gasteiger partial charge in [0.1, 0.15) is 10.6 Å². The van der Waals surface area contributed by atoms with Crippen molar-refractivity contribution in [2.45, 2.75) is 19.3 Å². The summed E-state index contributed by atoms with van der Waals surface area (Å²) in [5.41, 5.74) is 1.53. The van der Waals surface area contributed by atoms with E-state index in [0.717, 1.165) is 32.0 Å². The van der Waals surface area contributed by atoms with E-state index < -0.39 is 0 Å². The first-order valence-corrected chi connectivity index (χ1v) is 10.3. The van der Waals surface area contributed by atoms with E-state index in [-0.39, 0.29) is 0 Å². The lowest BCUT2D eigenvalue weighted by Crippen LogP contribution is -2.45. The lowest BCUT2D eigenvalue weighted by molar-refractivity contribution is 0.312. The van der Waals surface area contributed by atoms with Gasteiger partial charge in [-0.1, -0.05) is 6.07 Å². The number of likely N-dealkylation sites (N-methyl/N-ethyl adjacent to an activating group) is 1. The zero-order chi connectivity index (χ0) is 16.1. The zero-order valence-corrected chi connectivity index (χ0v) is 15.4. The molecule has 0 radical (unpaired) electrons. The highest BCUT2D eigenvalue weighted by Crippen LogP contribution is 2.42. The molecule has 1 saturated heterocycles. The third kappa shape index (κ3) is 2.36. The molecule has 4 nitrogen and oxygen atoms in total. The molecule has 2 aliphatic rings. The van der Waals surface area contributed by atoms with Gasteiger partial charge in [0.2, 0.25) is 0 Å². The molecule has 0 saturated carbocycles. The van der Waals surface area contributed by atoms with Gasteiger partial charge in [-0.15, -0.1) is 22.7 Å². The van der Waals surface area contributed by atoms with Crippen molar-refractivity contribution >= 4 is 38.7 Å². The summed E-state index contributed by atoms with van der Waals surface area (Å²) in [6.07, 6.45) is 3.69. The van der Waals surface area contributed by atoms with E-state index in [2.05, 4.69) is 34.4 Å². The Morgan fingerprint density at radius 2 is 1.96 bits per heavy atom. The molecule has 0 bridgehead atoms. The Labute approximate surface area is 149 Å². The molecule has 3 aromatic rings. The van der Waals surface area contributed by atoms with Gasteiger partial charge >= 0.3 is 0 Å². The van der Waals surface area contributed by atoms with Crippen LogP contribution in [0.2, 0.25) is 0 Å².